The van der Waals surface area contributed by atoms with Gasteiger partial charge in [0, 0.05) is 12.1 Å². The van der Waals surface area contributed by atoms with Gasteiger partial charge in [0.05, 0.1) is 6.07 Å². The summed E-state index contributed by atoms with van der Waals surface area (Å²) in [4.78, 5) is 14.0. The average Bonchev–Trinajstić information content (AvgIpc) is 2.14. The number of likely N-dealkylation sites (N-methyl/N-ethyl adjacent to an activating group) is 1. The van der Waals surface area contributed by atoms with Crippen LogP contribution in [-0.4, -0.2) is 37.0 Å². The van der Waals surface area contributed by atoms with E-state index < -0.39 is 5.41 Å². The third-order valence-electron chi connectivity index (χ3n) is 3.75. The third-order valence-corrected chi connectivity index (χ3v) is 3.75. The van der Waals surface area contributed by atoms with Crippen molar-refractivity contribution in [1.82, 2.24) is 10.2 Å². The van der Waals surface area contributed by atoms with Gasteiger partial charge in [0.15, 0.2) is 0 Å². The van der Waals surface area contributed by atoms with Crippen LogP contribution in [0.5, 0.6) is 0 Å². The van der Waals surface area contributed by atoms with Gasteiger partial charge >= 0.3 is 0 Å². The Hall–Kier alpha value is -1.08. The van der Waals surface area contributed by atoms with E-state index in [4.69, 9.17) is 5.26 Å². The van der Waals surface area contributed by atoms with Crippen LogP contribution in [0.1, 0.15) is 33.1 Å². The molecular weight excluding hydrogens is 202 g/mol. The average molecular weight is 223 g/mol. The van der Waals surface area contributed by atoms with Gasteiger partial charge in [-0.2, -0.15) is 5.26 Å². The van der Waals surface area contributed by atoms with Crippen LogP contribution in [-0.2, 0) is 4.79 Å². The summed E-state index contributed by atoms with van der Waals surface area (Å²) < 4.78 is 0. The summed E-state index contributed by atoms with van der Waals surface area (Å²) in [6.45, 7) is 4.70. The summed E-state index contributed by atoms with van der Waals surface area (Å²) in [5.41, 5.74) is -0.821. The normalized spacial score (nSPS) is 18.8. The largest absolute Gasteiger partial charge is 0.353 e. The minimum Gasteiger partial charge on any atom is -0.353 e. The van der Waals surface area contributed by atoms with Gasteiger partial charge in [-0.3, -0.25) is 4.79 Å². The Bertz CT molecular complexity index is 311. The lowest BCUT2D eigenvalue weighted by molar-refractivity contribution is -0.132. The first kappa shape index (κ1) is 13.0. The van der Waals surface area contributed by atoms with E-state index in [2.05, 4.69) is 30.1 Å². The predicted octanol–water partition coefficient (Wildman–Crippen LogP) is 1.14. The van der Waals surface area contributed by atoms with E-state index in [1.54, 1.807) is 0 Å². The maximum absolute atomic E-state index is 11.9. The van der Waals surface area contributed by atoms with Crippen LogP contribution >= 0.6 is 0 Å². The highest BCUT2D eigenvalue weighted by Gasteiger charge is 2.44. The summed E-state index contributed by atoms with van der Waals surface area (Å²) in [5.74, 6) is -0.101. The molecule has 16 heavy (non-hydrogen) atoms. The van der Waals surface area contributed by atoms with Gasteiger partial charge in [-0.15, -0.1) is 0 Å². The number of carbonyl (C=O) groups excluding carboxylic acids is 1. The second-order valence-corrected chi connectivity index (χ2v) is 5.44. The number of hydrogen-bond acceptors (Lipinski definition) is 3. The van der Waals surface area contributed by atoms with Crippen molar-refractivity contribution in [2.45, 2.75) is 38.6 Å². The quantitative estimate of drug-likeness (QED) is 0.777. The number of nitrogens with zero attached hydrogens (tertiary/aromatic N) is 2. The zero-order valence-electron chi connectivity index (χ0n) is 10.6. The molecule has 1 rings (SSSR count). The molecule has 1 aliphatic carbocycles. The van der Waals surface area contributed by atoms with Gasteiger partial charge in [-0.05, 0) is 47.2 Å². The maximum Gasteiger partial charge on any atom is 0.240 e. The first-order valence-corrected chi connectivity index (χ1v) is 5.71. The fourth-order valence-corrected chi connectivity index (χ4v) is 1.54. The monoisotopic (exact) mass is 223 g/mol. The smallest absolute Gasteiger partial charge is 0.240 e. The van der Waals surface area contributed by atoms with Crippen molar-refractivity contribution in [3.63, 3.8) is 0 Å². The maximum atomic E-state index is 11.9. The lowest BCUT2D eigenvalue weighted by Gasteiger charge is -2.37. The van der Waals surface area contributed by atoms with E-state index in [9.17, 15) is 4.79 Å². The Balaban J connectivity index is 2.51. The molecule has 0 aliphatic heterocycles. The molecule has 4 nitrogen and oxygen atoms in total. The molecule has 1 amide bonds. The Morgan fingerprint density at radius 2 is 2.06 bits per heavy atom. The fraction of sp³-hybridized carbons (Fsp3) is 0.833. The summed E-state index contributed by atoms with van der Waals surface area (Å²) in [6.07, 6.45) is 2.40. The van der Waals surface area contributed by atoms with Crippen LogP contribution in [0.25, 0.3) is 0 Å². The molecule has 0 saturated heterocycles. The van der Waals surface area contributed by atoms with Crippen LogP contribution in [0.2, 0.25) is 0 Å². The van der Waals surface area contributed by atoms with Gasteiger partial charge in [0.25, 0.3) is 0 Å². The van der Waals surface area contributed by atoms with Crippen molar-refractivity contribution in [2.75, 3.05) is 20.6 Å². The van der Waals surface area contributed by atoms with Crippen LogP contribution in [0.4, 0.5) is 0 Å². The Kier molecular flexibility index (Phi) is 3.59. The zero-order valence-corrected chi connectivity index (χ0v) is 10.6. The number of rotatable bonds is 4. The van der Waals surface area contributed by atoms with Crippen molar-refractivity contribution in [2.24, 2.45) is 5.41 Å². The van der Waals surface area contributed by atoms with E-state index in [0.29, 0.717) is 19.4 Å². The Morgan fingerprint density at radius 1 is 1.50 bits per heavy atom. The van der Waals surface area contributed by atoms with Crippen LogP contribution in [0, 0.1) is 16.7 Å². The summed E-state index contributed by atoms with van der Waals surface area (Å²) in [6, 6.07) is 2.15. The second-order valence-electron chi connectivity index (χ2n) is 5.44. The minimum atomic E-state index is -0.734. The molecule has 4 heteroatoms. The predicted molar refractivity (Wildman–Crippen MR) is 62.7 cm³/mol. The molecule has 1 fully saturated rings. The number of nitrogens with one attached hydrogen (secondary N) is 1. The second kappa shape index (κ2) is 4.42. The highest BCUT2D eigenvalue weighted by Crippen LogP contribution is 2.40. The van der Waals surface area contributed by atoms with E-state index in [0.717, 1.165) is 6.42 Å². The molecule has 0 atom stereocenters. The van der Waals surface area contributed by atoms with Crippen molar-refractivity contribution < 1.29 is 4.79 Å². The topological polar surface area (TPSA) is 56.1 Å². The van der Waals surface area contributed by atoms with Gasteiger partial charge in [0.2, 0.25) is 5.91 Å². The minimum absolute atomic E-state index is 0.0872. The summed E-state index contributed by atoms with van der Waals surface area (Å²) >= 11 is 0. The number of hydrogen-bond donors (Lipinski definition) is 1. The fourth-order valence-electron chi connectivity index (χ4n) is 1.54. The lowest BCUT2D eigenvalue weighted by atomic mass is 9.69. The van der Waals surface area contributed by atoms with Crippen molar-refractivity contribution in [3.05, 3.63) is 0 Å². The highest BCUT2D eigenvalue weighted by molar-refractivity contribution is 5.86. The SMILES string of the molecule is CN(C)C(C)(C)CNC(=O)C1(C#N)CCC1. The Labute approximate surface area is 97.6 Å². The third kappa shape index (κ3) is 2.35. The molecule has 0 aromatic carbocycles. The molecule has 0 aromatic heterocycles. The van der Waals surface area contributed by atoms with Crippen LogP contribution in [0.15, 0.2) is 0 Å². The molecule has 0 unspecified atom stereocenters. The van der Waals surface area contributed by atoms with Crippen LogP contribution < -0.4 is 5.32 Å². The first-order chi connectivity index (χ1) is 7.34. The zero-order chi connectivity index (χ0) is 12.4. The number of carbonyl (C=O) groups is 1. The van der Waals surface area contributed by atoms with Crippen molar-refractivity contribution >= 4 is 5.91 Å². The standard InChI is InChI=1S/C12H21N3O/c1-11(2,15(3)4)9-14-10(16)12(8-13)6-5-7-12/h5-7,9H2,1-4H3,(H,14,16). The van der Waals surface area contributed by atoms with Gasteiger partial charge in [-0.25, -0.2) is 0 Å². The van der Waals surface area contributed by atoms with E-state index >= 15 is 0 Å². The molecule has 1 aliphatic rings. The molecule has 0 radical (unpaired) electrons. The summed E-state index contributed by atoms with van der Waals surface area (Å²) in [7, 11) is 3.96. The molecule has 1 saturated carbocycles. The molecule has 0 spiro atoms. The van der Waals surface area contributed by atoms with Gasteiger partial charge in [0.1, 0.15) is 5.41 Å². The number of amides is 1. The number of nitriles is 1. The highest BCUT2D eigenvalue weighted by atomic mass is 16.2. The Morgan fingerprint density at radius 3 is 2.38 bits per heavy atom. The summed E-state index contributed by atoms with van der Waals surface area (Å²) in [5, 5.41) is 11.9. The van der Waals surface area contributed by atoms with E-state index in [-0.39, 0.29) is 11.4 Å². The molecule has 0 heterocycles. The van der Waals surface area contributed by atoms with Crippen molar-refractivity contribution in [3.8, 4) is 6.07 Å². The first-order valence-electron chi connectivity index (χ1n) is 5.71. The van der Waals surface area contributed by atoms with E-state index in [1.807, 2.05) is 14.1 Å². The van der Waals surface area contributed by atoms with Crippen molar-refractivity contribution in [1.29, 1.82) is 5.26 Å². The molecule has 0 bridgehead atoms. The van der Waals surface area contributed by atoms with Crippen LogP contribution in [0.3, 0.4) is 0 Å². The lowest BCUT2D eigenvalue weighted by Crippen LogP contribution is -2.52. The molecule has 1 N–H and O–H groups in total. The molecular formula is C12H21N3O. The molecule has 90 valence electrons. The van der Waals surface area contributed by atoms with Gasteiger partial charge in [-0.1, -0.05) is 0 Å². The molecule has 0 aromatic rings. The van der Waals surface area contributed by atoms with E-state index in [1.165, 1.54) is 0 Å². The van der Waals surface area contributed by atoms with Gasteiger partial charge < -0.3 is 10.2 Å².